The van der Waals surface area contributed by atoms with Crippen molar-refractivity contribution in [3.63, 3.8) is 0 Å². The molecule has 2 aromatic carbocycles. The summed E-state index contributed by atoms with van der Waals surface area (Å²) < 4.78 is 12.7. The summed E-state index contributed by atoms with van der Waals surface area (Å²) >= 11 is 18.6. The Morgan fingerprint density at radius 1 is 1.18 bits per heavy atom. The van der Waals surface area contributed by atoms with Crippen LogP contribution in [0.2, 0.25) is 15.1 Å². The average Bonchev–Trinajstić information content (AvgIpc) is 2.91. The molecule has 5 nitrogen and oxygen atoms in total. The molecule has 1 aliphatic heterocycles. The highest BCUT2D eigenvalue weighted by Gasteiger charge is 2.29. The topological polar surface area (TPSA) is 53.3 Å². The molecule has 0 aliphatic carbocycles. The molecule has 0 radical (unpaired) electrons. The van der Waals surface area contributed by atoms with Crippen molar-refractivity contribution >= 4 is 40.8 Å². The molecule has 8 heteroatoms. The lowest BCUT2D eigenvalue weighted by Crippen LogP contribution is -2.10. The molecule has 0 saturated heterocycles. The Morgan fingerprint density at radius 2 is 1.93 bits per heavy atom. The third kappa shape index (κ3) is 3.34. The van der Waals surface area contributed by atoms with Crippen molar-refractivity contribution in [1.82, 2.24) is 9.78 Å². The van der Waals surface area contributed by atoms with Crippen molar-refractivity contribution in [2.75, 3.05) is 13.2 Å². The van der Waals surface area contributed by atoms with Gasteiger partial charge in [0, 0.05) is 27.6 Å². The third-order valence-corrected chi connectivity index (χ3v) is 5.17. The molecule has 0 N–H and O–H groups in total. The summed E-state index contributed by atoms with van der Waals surface area (Å²) in [6.45, 7) is 2.39. The standard InChI is InChI=1S/C20H15Cl3N2O3/c1-2-27-20(26)18-14-7-8-28-17-10-12(22)3-5-13(17)19(14)25(24-18)16-6-4-11(21)9-15(16)23/h3-6,9-10H,2,7-8H2,1H3. The van der Waals surface area contributed by atoms with Gasteiger partial charge in [-0.2, -0.15) is 5.10 Å². The first kappa shape index (κ1) is 19.1. The van der Waals surface area contributed by atoms with E-state index in [1.54, 1.807) is 41.9 Å². The SMILES string of the molecule is CCOC(=O)c1nn(-c2ccc(Cl)cc2Cl)c2c1CCOc1cc(Cl)ccc1-2. The van der Waals surface area contributed by atoms with E-state index in [2.05, 4.69) is 5.10 Å². The second-order valence-electron chi connectivity index (χ2n) is 6.14. The van der Waals surface area contributed by atoms with E-state index >= 15 is 0 Å². The van der Waals surface area contributed by atoms with Gasteiger partial charge in [0.15, 0.2) is 5.69 Å². The normalized spacial score (nSPS) is 12.6. The molecule has 28 heavy (non-hydrogen) atoms. The lowest BCUT2D eigenvalue weighted by Gasteiger charge is -2.12. The number of aromatic nitrogens is 2. The van der Waals surface area contributed by atoms with Crippen LogP contribution in [-0.2, 0) is 11.2 Å². The first-order chi connectivity index (χ1) is 13.5. The van der Waals surface area contributed by atoms with Crippen LogP contribution in [0.3, 0.4) is 0 Å². The second-order valence-corrected chi connectivity index (χ2v) is 7.42. The summed E-state index contributed by atoms with van der Waals surface area (Å²) in [6, 6.07) is 10.5. The zero-order chi connectivity index (χ0) is 19.8. The number of fused-ring (bicyclic) bond motifs is 3. The lowest BCUT2D eigenvalue weighted by atomic mass is 10.0. The number of benzene rings is 2. The Morgan fingerprint density at radius 3 is 2.68 bits per heavy atom. The van der Waals surface area contributed by atoms with Crippen LogP contribution in [0.4, 0.5) is 0 Å². The van der Waals surface area contributed by atoms with Crippen molar-refractivity contribution in [3.8, 4) is 22.7 Å². The van der Waals surface area contributed by atoms with Crippen molar-refractivity contribution < 1.29 is 14.3 Å². The van der Waals surface area contributed by atoms with E-state index in [0.29, 0.717) is 39.5 Å². The Kier molecular flexibility index (Phi) is 5.23. The number of esters is 1. The van der Waals surface area contributed by atoms with E-state index in [1.807, 2.05) is 6.07 Å². The number of hydrogen-bond donors (Lipinski definition) is 0. The van der Waals surface area contributed by atoms with Gasteiger partial charge in [-0.3, -0.25) is 0 Å². The number of rotatable bonds is 3. The number of nitrogens with zero attached hydrogens (tertiary/aromatic N) is 2. The Balaban J connectivity index is 2.02. The zero-order valence-electron chi connectivity index (χ0n) is 14.8. The number of carbonyl (C=O) groups is 1. The van der Waals surface area contributed by atoms with E-state index in [0.717, 1.165) is 16.8 Å². The van der Waals surface area contributed by atoms with Gasteiger partial charge in [0.1, 0.15) is 5.75 Å². The van der Waals surface area contributed by atoms with Gasteiger partial charge >= 0.3 is 5.97 Å². The fraction of sp³-hybridized carbons (Fsp3) is 0.200. The molecule has 1 aromatic heterocycles. The maximum Gasteiger partial charge on any atom is 0.359 e. The molecular formula is C20H15Cl3N2O3. The van der Waals surface area contributed by atoms with Gasteiger partial charge in [-0.05, 0) is 43.3 Å². The maximum atomic E-state index is 12.6. The second kappa shape index (κ2) is 7.66. The highest BCUT2D eigenvalue weighted by atomic mass is 35.5. The van der Waals surface area contributed by atoms with Crippen LogP contribution >= 0.6 is 34.8 Å². The molecule has 0 fully saturated rings. The predicted octanol–water partition coefficient (Wildman–Crippen LogP) is 5.61. The molecule has 3 aromatic rings. The lowest BCUT2D eigenvalue weighted by molar-refractivity contribution is 0.0517. The summed E-state index contributed by atoms with van der Waals surface area (Å²) in [7, 11) is 0. The number of halogens is 3. The monoisotopic (exact) mass is 436 g/mol. The first-order valence-corrected chi connectivity index (χ1v) is 9.80. The Hall–Kier alpha value is -2.21. The fourth-order valence-corrected chi connectivity index (χ4v) is 3.88. The van der Waals surface area contributed by atoms with Gasteiger partial charge in [0.25, 0.3) is 0 Å². The molecular weight excluding hydrogens is 423 g/mol. The largest absolute Gasteiger partial charge is 0.492 e. The van der Waals surface area contributed by atoms with Crippen molar-refractivity contribution in [3.05, 3.63) is 62.7 Å². The molecule has 0 spiro atoms. The highest BCUT2D eigenvalue weighted by molar-refractivity contribution is 6.35. The summed E-state index contributed by atoms with van der Waals surface area (Å²) in [5.74, 6) is 0.132. The third-order valence-electron chi connectivity index (χ3n) is 4.40. The van der Waals surface area contributed by atoms with Crippen molar-refractivity contribution in [1.29, 1.82) is 0 Å². The summed E-state index contributed by atoms with van der Waals surface area (Å²) in [5, 5.41) is 6.04. The maximum absolute atomic E-state index is 12.6. The van der Waals surface area contributed by atoms with E-state index in [9.17, 15) is 4.79 Å². The van der Waals surface area contributed by atoms with Gasteiger partial charge in [0.2, 0.25) is 0 Å². The van der Waals surface area contributed by atoms with Crippen molar-refractivity contribution in [2.24, 2.45) is 0 Å². The molecule has 0 atom stereocenters. The molecule has 0 saturated carbocycles. The minimum Gasteiger partial charge on any atom is -0.492 e. The number of carbonyl (C=O) groups excluding carboxylic acids is 1. The average molecular weight is 438 g/mol. The molecule has 0 bridgehead atoms. The first-order valence-electron chi connectivity index (χ1n) is 8.66. The summed E-state index contributed by atoms with van der Waals surface area (Å²) in [4.78, 5) is 12.6. The molecule has 0 unspecified atom stereocenters. The van der Waals surface area contributed by atoms with Crippen LogP contribution < -0.4 is 4.74 Å². The molecule has 4 rings (SSSR count). The predicted molar refractivity (Wildman–Crippen MR) is 109 cm³/mol. The minimum atomic E-state index is -0.486. The van der Waals surface area contributed by atoms with Gasteiger partial charge in [-0.25, -0.2) is 9.48 Å². The van der Waals surface area contributed by atoms with Crippen LogP contribution in [0.15, 0.2) is 36.4 Å². The highest BCUT2D eigenvalue weighted by Crippen LogP contribution is 2.40. The van der Waals surface area contributed by atoms with Crippen LogP contribution in [0.25, 0.3) is 16.9 Å². The van der Waals surface area contributed by atoms with Crippen LogP contribution in [0.5, 0.6) is 5.75 Å². The quantitative estimate of drug-likeness (QED) is 0.500. The van der Waals surface area contributed by atoms with E-state index in [4.69, 9.17) is 44.3 Å². The van der Waals surface area contributed by atoms with Crippen molar-refractivity contribution in [2.45, 2.75) is 13.3 Å². The van der Waals surface area contributed by atoms with E-state index < -0.39 is 5.97 Å². The number of ether oxygens (including phenoxy) is 2. The van der Waals surface area contributed by atoms with E-state index in [-0.39, 0.29) is 12.3 Å². The van der Waals surface area contributed by atoms with Gasteiger partial charge in [-0.15, -0.1) is 0 Å². The number of hydrogen-bond acceptors (Lipinski definition) is 4. The van der Waals surface area contributed by atoms with Gasteiger partial charge in [0.05, 0.1) is 29.6 Å². The summed E-state index contributed by atoms with van der Waals surface area (Å²) in [5.41, 5.74) is 3.07. The zero-order valence-corrected chi connectivity index (χ0v) is 17.1. The minimum absolute atomic E-state index is 0.245. The molecule has 144 valence electrons. The Bertz CT molecular complexity index is 1080. The van der Waals surface area contributed by atoms with Gasteiger partial charge in [-0.1, -0.05) is 34.8 Å². The summed E-state index contributed by atoms with van der Waals surface area (Å²) in [6.07, 6.45) is 0.487. The molecule has 0 amide bonds. The molecule has 1 aliphatic rings. The van der Waals surface area contributed by atoms with Crippen LogP contribution in [0.1, 0.15) is 23.0 Å². The molecule has 2 heterocycles. The smallest absolute Gasteiger partial charge is 0.359 e. The van der Waals surface area contributed by atoms with E-state index in [1.165, 1.54) is 0 Å². The fourth-order valence-electron chi connectivity index (χ4n) is 3.23. The van der Waals surface area contributed by atoms with Crippen LogP contribution in [-0.4, -0.2) is 29.0 Å². The van der Waals surface area contributed by atoms with Gasteiger partial charge < -0.3 is 9.47 Å². The Labute approximate surface area is 176 Å². The van der Waals surface area contributed by atoms with Crippen LogP contribution in [0, 0.1) is 0 Å².